The summed E-state index contributed by atoms with van der Waals surface area (Å²) in [4.78, 5) is 12.2. The Labute approximate surface area is 147 Å². The van der Waals surface area contributed by atoms with Crippen LogP contribution in [0.25, 0.3) is 0 Å². The highest BCUT2D eigenvalue weighted by molar-refractivity contribution is 5.89. The summed E-state index contributed by atoms with van der Waals surface area (Å²) in [7, 11) is 1.60. The SMILES string of the molecule is COc1cccc(NC(=O)C[n+]2ccc(Cc3ccccc3)cc2)c1. The quantitative estimate of drug-likeness (QED) is 0.704. The highest BCUT2D eigenvalue weighted by Crippen LogP contribution is 2.16. The molecule has 0 bridgehead atoms. The van der Waals surface area contributed by atoms with E-state index in [0.29, 0.717) is 0 Å². The predicted octanol–water partition coefficient (Wildman–Crippen LogP) is 3.21. The lowest BCUT2D eigenvalue weighted by Gasteiger charge is -2.05. The fourth-order valence-corrected chi connectivity index (χ4v) is 2.61. The van der Waals surface area contributed by atoms with Crippen molar-refractivity contribution in [2.24, 2.45) is 0 Å². The molecule has 2 aromatic carbocycles. The summed E-state index contributed by atoms with van der Waals surface area (Å²) in [6.45, 7) is 0.267. The molecule has 126 valence electrons. The van der Waals surface area contributed by atoms with Gasteiger partial charge in [0.15, 0.2) is 12.4 Å². The van der Waals surface area contributed by atoms with Crippen LogP contribution >= 0.6 is 0 Å². The minimum atomic E-state index is -0.0749. The highest BCUT2D eigenvalue weighted by Gasteiger charge is 2.10. The highest BCUT2D eigenvalue weighted by atomic mass is 16.5. The van der Waals surface area contributed by atoms with Crippen molar-refractivity contribution in [3.63, 3.8) is 0 Å². The van der Waals surface area contributed by atoms with Crippen molar-refractivity contribution in [1.29, 1.82) is 0 Å². The number of rotatable bonds is 6. The zero-order valence-corrected chi connectivity index (χ0v) is 14.2. The van der Waals surface area contributed by atoms with E-state index in [1.165, 1.54) is 11.1 Å². The summed E-state index contributed by atoms with van der Waals surface area (Å²) in [6, 6.07) is 21.8. The molecule has 4 nitrogen and oxygen atoms in total. The molecule has 3 aromatic rings. The fourth-order valence-electron chi connectivity index (χ4n) is 2.61. The largest absolute Gasteiger partial charge is 0.497 e. The molecule has 1 aromatic heterocycles. The van der Waals surface area contributed by atoms with E-state index in [1.54, 1.807) is 13.2 Å². The summed E-state index contributed by atoms with van der Waals surface area (Å²) < 4.78 is 7.03. The molecular formula is C21H21N2O2+. The van der Waals surface area contributed by atoms with Gasteiger partial charge in [-0.1, -0.05) is 36.4 Å². The average Bonchev–Trinajstić information content (AvgIpc) is 2.64. The number of pyridine rings is 1. The first-order chi connectivity index (χ1) is 12.2. The third-order valence-corrected chi connectivity index (χ3v) is 3.89. The van der Waals surface area contributed by atoms with Crippen LogP contribution in [0.2, 0.25) is 0 Å². The van der Waals surface area contributed by atoms with E-state index >= 15 is 0 Å². The normalized spacial score (nSPS) is 10.3. The van der Waals surface area contributed by atoms with Gasteiger partial charge in [-0.15, -0.1) is 0 Å². The molecule has 0 fully saturated rings. The lowest BCUT2D eigenvalue weighted by atomic mass is 10.1. The first kappa shape index (κ1) is 16.7. The van der Waals surface area contributed by atoms with Gasteiger partial charge >= 0.3 is 0 Å². The number of nitrogens with one attached hydrogen (secondary N) is 1. The van der Waals surface area contributed by atoms with E-state index < -0.39 is 0 Å². The standard InChI is InChI=1S/C21H20N2O2/c1-25-20-9-5-8-19(15-20)22-21(24)16-23-12-10-18(11-13-23)14-17-6-3-2-4-7-17/h2-13,15H,14,16H2,1H3/p+1. The van der Waals surface area contributed by atoms with Crippen molar-refractivity contribution in [3.05, 3.63) is 90.3 Å². The van der Waals surface area contributed by atoms with Gasteiger partial charge in [-0.2, -0.15) is 4.57 Å². The van der Waals surface area contributed by atoms with Crippen LogP contribution in [0, 0.1) is 0 Å². The fraction of sp³-hybridized carbons (Fsp3) is 0.143. The summed E-state index contributed by atoms with van der Waals surface area (Å²) in [5, 5.41) is 2.88. The van der Waals surface area contributed by atoms with E-state index in [2.05, 4.69) is 17.4 Å². The molecular weight excluding hydrogens is 312 g/mol. The van der Waals surface area contributed by atoms with E-state index in [-0.39, 0.29) is 12.5 Å². The lowest BCUT2D eigenvalue weighted by Crippen LogP contribution is -2.39. The van der Waals surface area contributed by atoms with Crippen molar-refractivity contribution in [2.75, 3.05) is 12.4 Å². The van der Waals surface area contributed by atoms with Gasteiger partial charge in [-0.25, -0.2) is 0 Å². The van der Waals surface area contributed by atoms with Crippen LogP contribution in [0.5, 0.6) is 5.75 Å². The molecule has 3 rings (SSSR count). The molecule has 0 aliphatic rings. The Hall–Kier alpha value is -3.14. The van der Waals surface area contributed by atoms with Crippen LogP contribution in [-0.4, -0.2) is 13.0 Å². The molecule has 25 heavy (non-hydrogen) atoms. The van der Waals surface area contributed by atoms with Crippen LogP contribution in [-0.2, 0) is 17.8 Å². The Morgan fingerprint density at radius 1 is 0.960 bits per heavy atom. The molecule has 0 saturated carbocycles. The summed E-state index contributed by atoms with van der Waals surface area (Å²) >= 11 is 0. The van der Waals surface area contributed by atoms with Gasteiger partial charge in [0.1, 0.15) is 5.75 Å². The molecule has 0 aliphatic carbocycles. The van der Waals surface area contributed by atoms with Crippen LogP contribution in [0.3, 0.4) is 0 Å². The number of carbonyl (C=O) groups is 1. The molecule has 0 unspecified atom stereocenters. The number of anilines is 1. The number of ether oxygens (including phenoxy) is 1. The molecule has 1 amide bonds. The molecule has 1 heterocycles. The van der Waals surface area contributed by atoms with E-state index in [1.807, 2.05) is 65.5 Å². The average molecular weight is 333 g/mol. The summed E-state index contributed by atoms with van der Waals surface area (Å²) in [5.41, 5.74) is 3.22. The second-order valence-electron chi connectivity index (χ2n) is 5.82. The summed E-state index contributed by atoms with van der Waals surface area (Å²) in [5.74, 6) is 0.643. The van der Waals surface area contributed by atoms with Crippen molar-refractivity contribution in [2.45, 2.75) is 13.0 Å². The van der Waals surface area contributed by atoms with Crippen LogP contribution < -0.4 is 14.6 Å². The molecule has 4 heteroatoms. The Balaban J connectivity index is 1.58. The molecule has 0 radical (unpaired) electrons. The van der Waals surface area contributed by atoms with Gasteiger partial charge in [0.05, 0.1) is 7.11 Å². The Morgan fingerprint density at radius 3 is 2.40 bits per heavy atom. The zero-order chi connectivity index (χ0) is 17.5. The van der Waals surface area contributed by atoms with Crippen molar-refractivity contribution >= 4 is 11.6 Å². The maximum absolute atomic E-state index is 12.2. The number of nitrogens with zero attached hydrogens (tertiary/aromatic N) is 1. The smallest absolute Gasteiger partial charge is 0.290 e. The van der Waals surface area contributed by atoms with Gasteiger partial charge in [0.25, 0.3) is 5.91 Å². The number of carbonyl (C=O) groups excluding carboxylic acids is 1. The molecule has 0 aliphatic heterocycles. The maximum Gasteiger partial charge on any atom is 0.290 e. The van der Waals surface area contributed by atoms with Crippen LogP contribution in [0.15, 0.2) is 79.1 Å². The number of hydrogen-bond donors (Lipinski definition) is 1. The van der Waals surface area contributed by atoms with Gasteiger partial charge < -0.3 is 10.1 Å². The van der Waals surface area contributed by atoms with Crippen molar-refractivity contribution in [3.8, 4) is 5.75 Å². The second kappa shape index (κ2) is 8.11. The Kier molecular flexibility index (Phi) is 5.42. The monoisotopic (exact) mass is 333 g/mol. The first-order valence-corrected chi connectivity index (χ1v) is 8.19. The topological polar surface area (TPSA) is 42.2 Å². The van der Waals surface area contributed by atoms with Crippen molar-refractivity contribution < 1.29 is 14.1 Å². The van der Waals surface area contributed by atoms with Gasteiger partial charge in [0, 0.05) is 23.9 Å². The predicted molar refractivity (Wildman–Crippen MR) is 97.5 cm³/mol. The lowest BCUT2D eigenvalue weighted by molar-refractivity contribution is -0.684. The van der Waals surface area contributed by atoms with Gasteiger partial charge in [-0.05, 0) is 29.7 Å². The first-order valence-electron chi connectivity index (χ1n) is 8.19. The van der Waals surface area contributed by atoms with E-state index in [4.69, 9.17) is 4.74 Å². The molecule has 1 N–H and O–H groups in total. The Bertz CT molecular complexity index is 830. The van der Waals surface area contributed by atoms with Gasteiger partial charge in [0.2, 0.25) is 6.54 Å². The maximum atomic E-state index is 12.2. The third kappa shape index (κ3) is 4.91. The second-order valence-corrected chi connectivity index (χ2v) is 5.82. The van der Waals surface area contributed by atoms with E-state index in [0.717, 1.165) is 17.9 Å². The number of methoxy groups -OCH3 is 1. The van der Waals surface area contributed by atoms with Crippen LogP contribution in [0.1, 0.15) is 11.1 Å². The number of aromatic nitrogens is 1. The minimum absolute atomic E-state index is 0.0749. The van der Waals surface area contributed by atoms with Crippen molar-refractivity contribution in [1.82, 2.24) is 0 Å². The molecule has 0 saturated heterocycles. The number of amides is 1. The number of hydrogen-bond acceptors (Lipinski definition) is 2. The third-order valence-electron chi connectivity index (χ3n) is 3.89. The minimum Gasteiger partial charge on any atom is -0.497 e. The zero-order valence-electron chi connectivity index (χ0n) is 14.2. The van der Waals surface area contributed by atoms with Crippen LogP contribution in [0.4, 0.5) is 5.69 Å². The molecule has 0 atom stereocenters. The van der Waals surface area contributed by atoms with Gasteiger partial charge in [-0.3, -0.25) is 4.79 Å². The van der Waals surface area contributed by atoms with E-state index in [9.17, 15) is 4.79 Å². The summed E-state index contributed by atoms with van der Waals surface area (Å²) in [6.07, 6.45) is 4.75. The number of benzene rings is 2. The molecule has 0 spiro atoms. The Morgan fingerprint density at radius 2 is 1.68 bits per heavy atom.